The summed E-state index contributed by atoms with van der Waals surface area (Å²) in [7, 11) is 0. The lowest BCUT2D eigenvalue weighted by atomic mass is 10.1. The highest BCUT2D eigenvalue weighted by Gasteiger charge is 2.12. The Balaban J connectivity index is 3.02. The second kappa shape index (κ2) is 7.82. The third-order valence-electron chi connectivity index (χ3n) is 3.35. The zero-order valence-corrected chi connectivity index (χ0v) is 12.5. The molecule has 0 aromatic heterocycles. The quantitative estimate of drug-likeness (QED) is 0.554. The predicted octanol–water partition coefficient (Wildman–Crippen LogP) is 3.69. The molecule has 3 N–H and O–H groups in total. The van der Waals surface area contributed by atoms with Crippen molar-refractivity contribution in [1.82, 2.24) is 0 Å². The van der Waals surface area contributed by atoms with Gasteiger partial charge < -0.3 is 10.6 Å². The fourth-order valence-corrected chi connectivity index (χ4v) is 2.19. The minimum absolute atomic E-state index is 0.164. The molecule has 1 rings (SSSR count). The number of anilines is 1. The fourth-order valence-electron chi connectivity index (χ4n) is 2.19. The van der Waals surface area contributed by atoms with E-state index in [-0.39, 0.29) is 5.84 Å². The SMILES string of the molecule is CCCCN(CCCC)c1ccc(C)cc1C(=N)N. The number of nitrogens with one attached hydrogen (secondary N) is 1. The van der Waals surface area contributed by atoms with Crippen LogP contribution in [-0.2, 0) is 0 Å². The van der Waals surface area contributed by atoms with E-state index in [1.54, 1.807) is 0 Å². The van der Waals surface area contributed by atoms with Gasteiger partial charge in [0.15, 0.2) is 0 Å². The Morgan fingerprint density at radius 3 is 2.21 bits per heavy atom. The number of aryl methyl sites for hydroxylation is 1. The molecule has 0 spiro atoms. The number of hydrogen-bond donors (Lipinski definition) is 2. The van der Waals surface area contributed by atoms with Crippen LogP contribution in [0.25, 0.3) is 0 Å². The third-order valence-corrected chi connectivity index (χ3v) is 3.35. The molecule has 19 heavy (non-hydrogen) atoms. The predicted molar refractivity (Wildman–Crippen MR) is 84.2 cm³/mol. The van der Waals surface area contributed by atoms with E-state index in [2.05, 4.69) is 30.9 Å². The summed E-state index contributed by atoms with van der Waals surface area (Å²) < 4.78 is 0. The summed E-state index contributed by atoms with van der Waals surface area (Å²) in [6, 6.07) is 6.23. The highest BCUT2D eigenvalue weighted by molar-refractivity contribution is 6.00. The number of nitrogens with two attached hydrogens (primary N) is 1. The number of unbranched alkanes of at least 4 members (excludes halogenated alkanes) is 2. The first-order valence-corrected chi connectivity index (χ1v) is 7.30. The van der Waals surface area contributed by atoms with Crippen molar-refractivity contribution in [3.8, 4) is 0 Å². The van der Waals surface area contributed by atoms with Gasteiger partial charge in [-0.05, 0) is 31.9 Å². The molecule has 0 saturated heterocycles. The number of rotatable bonds is 8. The number of hydrogen-bond acceptors (Lipinski definition) is 2. The van der Waals surface area contributed by atoms with Crippen LogP contribution in [0.3, 0.4) is 0 Å². The number of benzene rings is 1. The fraction of sp³-hybridized carbons (Fsp3) is 0.562. The van der Waals surface area contributed by atoms with Crippen molar-refractivity contribution in [2.75, 3.05) is 18.0 Å². The highest BCUT2D eigenvalue weighted by Crippen LogP contribution is 2.22. The standard InChI is InChI=1S/C16H27N3/c1-4-6-10-19(11-7-5-2)15-9-8-13(3)12-14(15)16(17)18/h8-9,12H,4-7,10-11H2,1-3H3,(H3,17,18). The molecule has 0 heterocycles. The number of nitrogen functional groups attached to an aromatic ring is 1. The lowest BCUT2D eigenvalue weighted by Crippen LogP contribution is -2.28. The second-order valence-electron chi connectivity index (χ2n) is 5.13. The zero-order valence-electron chi connectivity index (χ0n) is 12.5. The first kappa shape index (κ1) is 15.5. The molecule has 0 bridgehead atoms. The molecule has 0 atom stereocenters. The first-order valence-electron chi connectivity index (χ1n) is 7.30. The molecule has 1 aromatic carbocycles. The Morgan fingerprint density at radius 2 is 1.74 bits per heavy atom. The molecule has 0 fully saturated rings. The summed E-state index contributed by atoms with van der Waals surface area (Å²) in [5.41, 5.74) is 8.87. The summed E-state index contributed by atoms with van der Waals surface area (Å²) in [5, 5.41) is 7.77. The van der Waals surface area contributed by atoms with Gasteiger partial charge in [-0.15, -0.1) is 0 Å². The van der Waals surface area contributed by atoms with E-state index in [0.29, 0.717) is 0 Å². The van der Waals surface area contributed by atoms with Gasteiger partial charge in [0.25, 0.3) is 0 Å². The Morgan fingerprint density at radius 1 is 1.16 bits per heavy atom. The van der Waals surface area contributed by atoms with E-state index in [1.807, 2.05) is 13.0 Å². The maximum atomic E-state index is 7.77. The van der Waals surface area contributed by atoms with Crippen LogP contribution >= 0.6 is 0 Å². The Kier molecular flexibility index (Phi) is 6.40. The van der Waals surface area contributed by atoms with E-state index in [1.165, 1.54) is 25.7 Å². The molecule has 3 nitrogen and oxygen atoms in total. The van der Waals surface area contributed by atoms with Crippen molar-refractivity contribution in [3.63, 3.8) is 0 Å². The van der Waals surface area contributed by atoms with Crippen LogP contribution in [-0.4, -0.2) is 18.9 Å². The van der Waals surface area contributed by atoms with Gasteiger partial charge in [-0.1, -0.05) is 38.3 Å². The minimum Gasteiger partial charge on any atom is -0.384 e. The van der Waals surface area contributed by atoms with Crippen molar-refractivity contribution in [2.24, 2.45) is 5.73 Å². The molecular weight excluding hydrogens is 234 g/mol. The summed E-state index contributed by atoms with van der Waals surface area (Å²) in [6.45, 7) is 8.54. The maximum absolute atomic E-state index is 7.77. The third kappa shape index (κ3) is 4.58. The maximum Gasteiger partial charge on any atom is 0.124 e. The zero-order chi connectivity index (χ0) is 14.3. The van der Waals surface area contributed by atoms with E-state index in [0.717, 1.165) is 29.9 Å². The van der Waals surface area contributed by atoms with Crippen LogP contribution in [0.15, 0.2) is 18.2 Å². The monoisotopic (exact) mass is 261 g/mol. The van der Waals surface area contributed by atoms with Gasteiger partial charge in [-0.25, -0.2) is 0 Å². The minimum atomic E-state index is 0.164. The summed E-state index contributed by atoms with van der Waals surface area (Å²) in [6.07, 6.45) is 4.72. The summed E-state index contributed by atoms with van der Waals surface area (Å²) in [5.74, 6) is 0.164. The van der Waals surface area contributed by atoms with Crippen molar-refractivity contribution in [1.29, 1.82) is 5.41 Å². The van der Waals surface area contributed by atoms with Gasteiger partial charge in [0.1, 0.15) is 5.84 Å². The lowest BCUT2D eigenvalue weighted by Gasteiger charge is -2.27. The van der Waals surface area contributed by atoms with E-state index >= 15 is 0 Å². The lowest BCUT2D eigenvalue weighted by molar-refractivity contribution is 0.677. The molecular formula is C16H27N3. The van der Waals surface area contributed by atoms with Crippen LogP contribution in [0.4, 0.5) is 5.69 Å². The molecule has 0 aliphatic carbocycles. The van der Waals surface area contributed by atoms with Crippen molar-refractivity contribution in [2.45, 2.75) is 46.5 Å². The van der Waals surface area contributed by atoms with E-state index in [4.69, 9.17) is 11.1 Å². The Labute approximate surface area is 117 Å². The molecule has 1 aromatic rings. The van der Waals surface area contributed by atoms with Gasteiger partial charge >= 0.3 is 0 Å². The van der Waals surface area contributed by atoms with Gasteiger partial charge in [0.05, 0.1) is 0 Å². The average molecular weight is 261 g/mol. The molecule has 0 radical (unpaired) electrons. The van der Waals surface area contributed by atoms with Crippen LogP contribution in [0.5, 0.6) is 0 Å². The number of amidine groups is 1. The normalized spacial score (nSPS) is 10.5. The first-order chi connectivity index (χ1) is 9.10. The van der Waals surface area contributed by atoms with Gasteiger partial charge in [0, 0.05) is 24.3 Å². The van der Waals surface area contributed by atoms with Gasteiger partial charge in [0.2, 0.25) is 0 Å². The van der Waals surface area contributed by atoms with E-state index < -0.39 is 0 Å². The van der Waals surface area contributed by atoms with Crippen molar-refractivity contribution >= 4 is 11.5 Å². The van der Waals surface area contributed by atoms with Crippen LogP contribution < -0.4 is 10.6 Å². The number of nitrogens with zero attached hydrogens (tertiary/aromatic N) is 1. The second-order valence-corrected chi connectivity index (χ2v) is 5.13. The van der Waals surface area contributed by atoms with Gasteiger partial charge in [-0.2, -0.15) is 0 Å². The average Bonchev–Trinajstić information content (AvgIpc) is 2.39. The summed E-state index contributed by atoms with van der Waals surface area (Å²) in [4.78, 5) is 2.38. The van der Waals surface area contributed by atoms with Crippen LogP contribution in [0.2, 0.25) is 0 Å². The molecule has 0 unspecified atom stereocenters. The van der Waals surface area contributed by atoms with Crippen LogP contribution in [0, 0.1) is 12.3 Å². The smallest absolute Gasteiger partial charge is 0.124 e. The van der Waals surface area contributed by atoms with Crippen molar-refractivity contribution < 1.29 is 0 Å². The molecule has 106 valence electrons. The van der Waals surface area contributed by atoms with Gasteiger partial charge in [-0.3, -0.25) is 5.41 Å². The van der Waals surface area contributed by atoms with Crippen LogP contribution in [0.1, 0.15) is 50.7 Å². The van der Waals surface area contributed by atoms with E-state index in [9.17, 15) is 0 Å². The Bertz CT molecular complexity index is 404. The topological polar surface area (TPSA) is 53.1 Å². The van der Waals surface area contributed by atoms with Crippen molar-refractivity contribution in [3.05, 3.63) is 29.3 Å². The molecule has 0 saturated carbocycles. The molecule has 0 aliphatic heterocycles. The highest BCUT2D eigenvalue weighted by atomic mass is 15.1. The molecule has 0 aliphatic rings. The molecule has 0 amide bonds. The molecule has 3 heteroatoms. The summed E-state index contributed by atoms with van der Waals surface area (Å²) >= 11 is 0. The largest absolute Gasteiger partial charge is 0.384 e. The Hall–Kier alpha value is -1.51.